The molecule has 0 radical (unpaired) electrons. The predicted octanol–water partition coefficient (Wildman–Crippen LogP) is 6.00. The summed E-state index contributed by atoms with van der Waals surface area (Å²) in [7, 11) is 0. The molecule has 2 heterocycles. The highest BCUT2D eigenvalue weighted by atomic mass is 35.5. The Hall–Kier alpha value is -3.36. The molecule has 0 saturated heterocycles. The molecular weight excluding hydrogens is 432 g/mol. The van der Waals surface area contributed by atoms with Crippen molar-refractivity contribution < 1.29 is 15.1 Å². The van der Waals surface area contributed by atoms with Crippen molar-refractivity contribution >= 4 is 45.0 Å². The first-order valence-electron chi connectivity index (χ1n) is 10.4. The van der Waals surface area contributed by atoms with Crippen LogP contribution in [-0.4, -0.2) is 25.8 Å². The van der Waals surface area contributed by atoms with Crippen LogP contribution in [0.15, 0.2) is 47.6 Å². The number of halogens is 1. The molecule has 0 aliphatic carbocycles. The van der Waals surface area contributed by atoms with E-state index in [-0.39, 0.29) is 18.0 Å². The third-order valence-electron chi connectivity index (χ3n) is 5.68. The van der Waals surface area contributed by atoms with Crippen molar-refractivity contribution in [3.8, 4) is 17.1 Å². The number of aromatic nitrogens is 2. The number of nitrogens with zero attached hydrogens (tertiary/aromatic N) is 2. The highest BCUT2D eigenvalue weighted by molar-refractivity contribution is 6.31. The van der Waals surface area contributed by atoms with Crippen LogP contribution in [0.5, 0.6) is 5.88 Å². The molecule has 0 aliphatic rings. The van der Waals surface area contributed by atoms with E-state index in [9.17, 15) is 14.8 Å². The molecule has 166 valence electrons. The number of nitroso groups, excluding NO2 is 1. The van der Waals surface area contributed by atoms with E-state index in [0.29, 0.717) is 34.6 Å². The zero-order valence-electron chi connectivity index (χ0n) is 17.3. The van der Waals surface area contributed by atoms with Gasteiger partial charge in [0.05, 0.1) is 16.8 Å². The second kappa shape index (κ2) is 9.42. The fraction of sp³-hybridized carbons (Fsp3) is 0.261. The SMILES string of the molecule is O=Nc1c(-c2c(O)n(CCCCCCC(=O)NO)c3ccc(Cl)cc23)[nH]c2ccccc12. The molecule has 0 spiro atoms. The van der Waals surface area contributed by atoms with Crippen molar-refractivity contribution in [3.63, 3.8) is 0 Å². The van der Waals surface area contributed by atoms with Gasteiger partial charge in [0.2, 0.25) is 11.8 Å². The summed E-state index contributed by atoms with van der Waals surface area (Å²) in [5, 5.41) is 24.9. The lowest BCUT2D eigenvalue weighted by Gasteiger charge is -2.07. The number of aromatic hydroxyl groups is 1. The van der Waals surface area contributed by atoms with Crippen LogP contribution >= 0.6 is 11.6 Å². The maximum atomic E-state index is 11.7. The number of aryl methyl sites for hydroxylation is 1. The van der Waals surface area contributed by atoms with Crippen LogP contribution in [0.2, 0.25) is 5.02 Å². The van der Waals surface area contributed by atoms with Crippen molar-refractivity contribution in [2.45, 2.75) is 38.6 Å². The molecule has 2 aromatic heterocycles. The number of nitrogens with one attached hydrogen (secondary N) is 2. The molecular formula is C23H23ClN4O4. The number of hydrogen-bond acceptors (Lipinski definition) is 5. The lowest BCUT2D eigenvalue weighted by Crippen LogP contribution is -2.17. The third-order valence-corrected chi connectivity index (χ3v) is 5.91. The molecule has 4 aromatic rings. The number of H-pyrrole nitrogens is 1. The van der Waals surface area contributed by atoms with Gasteiger partial charge in [-0.15, -0.1) is 4.91 Å². The zero-order chi connectivity index (χ0) is 22.7. The first-order chi connectivity index (χ1) is 15.5. The molecule has 32 heavy (non-hydrogen) atoms. The van der Waals surface area contributed by atoms with Crippen LogP contribution in [-0.2, 0) is 11.3 Å². The van der Waals surface area contributed by atoms with Gasteiger partial charge < -0.3 is 14.7 Å². The Morgan fingerprint density at radius 3 is 2.66 bits per heavy atom. The summed E-state index contributed by atoms with van der Waals surface area (Å²) in [4.78, 5) is 26.0. The Bertz CT molecular complexity index is 1290. The van der Waals surface area contributed by atoms with Gasteiger partial charge in [-0.25, -0.2) is 5.48 Å². The number of hydroxylamine groups is 1. The molecule has 0 bridgehead atoms. The molecule has 0 fully saturated rings. The van der Waals surface area contributed by atoms with Gasteiger partial charge in [-0.3, -0.25) is 10.0 Å². The number of carbonyl (C=O) groups is 1. The van der Waals surface area contributed by atoms with Gasteiger partial charge in [0.25, 0.3) is 0 Å². The van der Waals surface area contributed by atoms with E-state index in [2.05, 4.69) is 10.2 Å². The van der Waals surface area contributed by atoms with E-state index in [1.165, 1.54) is 0 Å². The highest BCUT2D eigenvalue weighted by Gasteiger charge is 2.24. The number of rotatable bonds is 9. The van der Waals surface area contributed by atoms with Gasteiger partial charge in [-0.05, 0) is 42.3 Å². The maximum absolute atomic E-state index is 11.7. The van der Waals surface area contributed by atoms with Crippen LogP contribution in [0, 0.1) is 4.91 Å². The van der Waals surface area contributed by atoms with Crippen LogP contribution in [0.4, 0.5) is 5.69 Å². The molecule has 1 amide bonds. The van der Waals surface area contributed by atoms with E-state index in [4.69, 9.17) is 16.8 Å². The van der Waals surface area contributed by atoms with E-state index >= 15 is 0 Å². The Morgan fingerprint density at radius 2 is 1.88 bits per heavy atom. The molecule has 0 unspecified atom stereocenters. The molecule has 0 saturated carbocycles. The minimum atomic E-state index is -0.390. The summed E-state index contributed by atoms with van der Waals surface area (Å²) >= 11 is 6.25. The molecule has 2 aromatic carbocycles. The van der Waals surface area contributed by atoms with E-state index in [0.717, 1.165) is 35.7 Å². The number of carbonyl (C=O) groups excluding carboxylic acids is 1. The maximum Gasteiger partial charge on any atom is 0.243 e. The normalized spacial score (nSPS) is 11.3. The number of aromatic amines is 1. The van der Waals surface area contributed by atoms with Gasteiger partial charge in [0.15, 0.2) is 0 Å². The Labute approximate surface area is 188 Å². The van der Waals surface area contributed by atoms with Gasteiger partial charge >= 0.3 is 0 Å². The van der Waals surface area contributed by atoms with Gasteiger partial charge in [0.1, 0.15) is 5.69 Å². The lowest BCUT2D eigenvalue weighted by molar-refractivity contribution is -0.129. The van der Waals surface area contributed by atoms with Crippen LogP contribution in [0.25, 0.3) is 33.1 Å². The average molecular weight is 455 g/mol. The Morgan fingerprint density at radius 1 is 1.09 bits per heavy atom. The monoisotopic (exact) mass is 454 g/mol. The van der Waals surface area contributed by atoms with E-state index in [1.807, 2.05) is 34.9 Å². The van der Waals surface area contributed by atoms with Crippen molar-refractivity contribution in [1.29, 1.82) is 0 Å². The van der Waals surface area contributed by atoms with Crippen molar-refractivity contribution in [2.24, 2.45) is 5.18 Å². The van der Waals surface area contributed by atoms with Crippen LogP contribution < -0.4 is 5.48 Å². The summed E-state index contributed by atoms with van der Waals surface area (Å²) in [5.74, 6) is -0.350. The second-order valence-electron chi connectivity index (χ2n) is 7.70. The molecule has 8 nitrogen and oxygen atoms in total. The van der Waals surface area contributed by atoms with Gasteiger partial charge in [-0.2, -0.15) is 0 Å². The van der Waals surface area contributed by atoms with Gasteiger partial charge in [-0.1, -0.05) is 42.6 Å². The lowest BCUT2D eigenvalue weighted by atomic mass is 10.1. The van der Waals surface area contributed by atoms with Crippen molar-refractivity contribution in [3.05, 3.63) is 52.4 Å². The zero-order valence-corrected chi connectivity index (χ0v) is 18.0. The number of para-hydroxylation sites is 1. The number of benzene rings is 2. The highest BCUT2D eigenvalue weighted by Crippen LogP contribution is 2.46. The minimum absolute atomic E-state index is 0.0402. The van der Waals surface area contributed by atoms with Crippen molar-refractivity contribution in [2.75, 3.05) is 0 Å². The largest absolute Gasteiger partial charge is 0.494 e. The van der Waals surface area contributed by atoms with E-state index < -0.39 is 5.91 Å². The van der Waals surface area contributed by atoms with Crippen molar-refractivity contribution in [1.82, 2.24) is 15.0 Å². The molecule has 9 heteroatoms. The number of unbranched alkanes of at least 4 members (excludes halogenated alkanes) is 3. The quantitative estimate of drug-likeness (QED) is 0.107. The predicted molar refractivity (Wildman–Crippen MR) is 124 cm³/mol. The fourth-order valence-electron chi connectivity index (χ4n) is 4.15. The number of fused-ring (bicyclic) bond motifs is 2. The van der Waals surface area contributed by atoms with Crippen LogP contribution in [0.3, 0.4) is 0 Å². The Balaban J connectivity index is 1.68. The number of hydrogen-bond donors (Lipinski definition) is 4. The third kappa shape index (κ3) is 4.06. The Kier molecular flexibility index (Phi) is 6.43. The fourth-order valence-corrected chi connectivity index (χ4v) is 4.33. The molecule has 0 atom stereocenters. The van der Waals surface area contributed by atoms with E-state index in [1.54, 1.807) is 17.6 Å². The first kappa shape index (κ1) is 21.9. The standard InChI is InChI=1S/C23H23ClN4O4/c24-14-10-11-18-16(13-14)20(22-21(27-32)15-7-4-5-8-17(15)25-22)23(30)28(18)12-6-2-1-3-9-19(29)26-31/h4-5,7-8,10-11,13,25,30-31H,1-3,6,9,12H2,(H,26,29). The topological polar surface area (TPSA) is 120 Å². The van der Waals surface area contributed by atoms with Crippen LogP contribution in [0.1, 0.15) is 32.1 Å². The summed E-state index contributed by atoms with van der Waals surface area (Å²) < 4.78 is 1.81. The van der Waals surface area contributed by atoms with Gasteiger partial charge in [0, 0.05) is 34.3 Å². The summed E-state index contributed by atoms with van der Waals surface area (Å²) in [6.07, 6.45) is 3.42. The second-order valence-corrected chi connectivity index (χ2v) is 8.13. The summed E-state index contributed by atoms with van der Waals surface area (Å²) in [6.45, 7) is 0.556. The first-order valence-corrected chi connectivity index (χ1v) is 10.8. The average Bonchev–Trinajstić information content (AvgIpc) is 3.29. The smallest absolute Gasteiger partial charge is 0.243 e. The molecule has 4 rings (SSSR count). The number of amides is 1. The molecule has 4 N–H and O–H groups in total. The summed E-state index contributed by atoms with van der Waals surface area (Å²) in [6, 6.07) is 12.8. The summed E-state index contributed by atoms with van der Waals surface area (Å²) in [5.41, 5.74) is 4.39. The molecule has 0 aliphatic heterocycles. The minimum Gasteiger partial charge on any atom is -0.494 e.